The van der Waals surface area contributed by atoms with Gasteiger partial charge >= 0.3 is 0 Å². The summed E-state index contributed by atoms with van der Waals surface area (Å²) in [7, 11) is 0. The predicted molar refractivity (Wildman–Crippen MR) is 106 cm³/mol. The van der Waals surface area contributed by atoms with Crippen LogP contribution in [-0.4, -0.2) is 17.9 Å². The largest absolute Gasteiger partial charge is 0.283 e. The van der Waals surface area contributed by atoms with Gasteiger partial charge in [-0.25, -0.2) is 9.98 Å². The molecule has 0 heterocycles. The SMILES string of the molecule is N=C(N=C(N=Cc1ccccc1)c1ccccc1)C1=CC(Cl)=CCC1. The Kier molecular flexibility index (Phi) is 5.70. The Balaban J connectivity index is 1.92. The molecule has 0 amide bonds. The number of allylic oxidation sites excluding steroid dienone is 3. The van der Waals surface area contributed by atoms with Crippen molar-refractivity contribution in [3.8, 4) is 0 Å². The zero-order chi connectivity index (χ0) is 17.5. The highest BCUT2D eigenvalue weighted by molar-refractivity contribution is 6.31. The summed E-state index contributed by atoms with van der Waals surface area (Å²) < 4.78 is 0. The maximum Gasteiger partial charge on any atom is 0.161 e. The molecular weight excluding hydrogens is 330 g/mol. The molecule has 3 rings (SSSR count). The second-order valence-corrected chi connectivity index (χ2v) is 6.05. The van der Waals surface area contributed by atoms with E-state index < -0.39 is 0 Å². The number of hydrogen-bond acceptors (Lipinski definition) is 1. The number of benzene rings is 2. The molecule has 1 aliphatic rings. The second kappa shape index (κ2) is 8.36. The van der Waals surface area contributed by atoms with Gasteiger partial charge in [-0.1, -0.05) is 78.3 Å². The quantitative estimate of drug-likeness (QED) is 0.573. The van der Waals surface area contributed by atoms with Gasteiger partial charge in [-0.2, -0.15) is 0 Å². The van der Waals surface area contributed by atoms with Gasteiger partial charge in [0.2, 0.25) is 0 Å². The monoisotopic (exact) mass is 347 g/mol. The van der Waals surface area contributed by atoms with Crippen molar-refractivity contribution in [3.63, 3.8) is 0 Å². The minimum absolute atomic E-state index is 0.204. The minimum Gasteiger partial charge on any atom is -0.283 e. The summed E-state index contributed by atoms with van der Waals surface area (Å²) in [5.74, 6) is 0.719. The number of amidine groups is 2. The van der Waals surface area contributed by atoms with Crippen molar-refractivity contribution in [1.82, 2.24) is 0 Å². The van der Waals surface area contributed by atoms with Gasteiger partial charge in [-0.15, -0.1) is 0 Å². The van der Waals surface area contributed by atoms with Crippen molar-refractivity contribution in [3.05, 3.63) is 94.5 Å². The summed E-state index contributed by atoms with van der Waals surface area (Å²) in [5, 5.41) is 8.98. The zero-order valence-corrected chi connectivity index (χ0v) is 14.4. The van der Waals surface area contributed by atoms with E-state index in [1.165, 1.54) is 0 Å². The van der Waals surface area contributed by atoms with Crippen LogP contribution in [0.25, 0.3) is 0 Å². The molecule has 0 aromatic heterocycles. The highest BCUT2D eigenvalue weighted by Gasteiger charge is 2.10. The lowest BCUT2D eigenvalue weighted by Gasteiger charge is -2.10. The van der Waals surface area contributed by atoms with E-state index in [1.54, 1.807) is 12.3 Å². The second-order valence-electron chi connectivity index (χ2n) is 5.62. The molecule has 0 fully saturated rings. The minimum atomic E-state index is 0.204. The van der Waals surface area contributed by atoms with Crippen LogP contribution in [0.5, 0.6) is 0 Å². The zero-order valence-electron chi connectivity index (χ0n) is 13.7. The molecule has 4 heteroatoms. The maximum absolute atomic E-state index is 8.32. The molecule has 1 N–H and O–H groups in total. The van der Waals surface area contributed by atoms with Crippen LogP contribution in [0.2, 0.25) is 0 Å². The molecule has 3 nitrogen and oxygen atoms in total. The van der Waals surface area contributed by atoms with Gasteiger partial charge in [-0.05, 0) is 30.1 Å². The van der Waals surface area contributed by atoms with Gasteiger partial charge in [0, 0.05) is 16.8 Å². The normalized spacial score (nSPS) is 15.0. The van der Waals surface area contributed by atoms with E-state index >= 15 is 0 Å². The summed E-state index contributed by atoms with van der Waals surface area (Å²) in [6.45, 7) is 0. The van der Waals surface area contributed by atoms with Crippen LogP contribution >= 0.6 is 11.6 Å². The molecule has 0 spiro atoms. The van der Waals surface area contributed by atoms with E-state index in [0.29, 0.717) is 10.9 Å². The van der Waals surface area contributed by atoms with E-state index in [2.05, 4.69) is 9.98 Å². The fourth-order valence-electron chi connectivity index (χ4n) is 2.46. The first-order valence-corrected chi connectivity index (χ1v) is 8.48. The van der Waals surface area contributed by atoms with Crippen LogP contribution < -0.4 is 0 Å². The molecule has 0 aliphatic heterocycles. The maximum atomic E-state index is 8.32. The third-order valence-corrected chi connectivity index (χ3v) is 4.02. The standard InChI is InChI=1S/C21H18ClN3/c22-19-13-7-12-18(14-19)20(23)25-21(17-10-5-2-6-11-17)24-15-16-8-3-1-4-9-16/h1-6,8-11,13-15,23H,7,12H2. The lowest BCUT2D eigenvalue weighted by molar-refractivity contribution is 0.992. The summed E-state index contributed by atoms with van der Waals surface area (Å²) in [5.41, 5.74) is 2.69. The van der Waals surface area contributed by atoms with Crippen LogP contribution in [0.4, 0.5) is 0 Å². The van der Waals surface area contributed by atoms with Gasteiger partial charge in [0.15, 0.2) is 5.84 Å². The lowest BCUT2D eigenvalue weighted by atomic mass is 10.0. The highest BCUT2D eigenvalue weighted by atomic mass is 35.5. The van der Waals surface area contributed by atoms with Gasteiger partial charge in [-0.3, -0.25) is 5.41 Å². The van der Waals surface area contributed by atoms with E-state index in [4.69, 9.17) is 17.0 Å². The van der Waals surface area contributed by atoms with Crippen molar-refractivity contribution in [2.75, 3.05) is 0 Å². The van der Waals surface area contributed by atoms with Crippen LogP contribution in [0.3, 0.4) is 0 Å². The van der Waals surface area contributed by atoms with Crippen LogP contribution in [-0.2, 0) is 0 Å². The smallest absolute Gasteiger partial charge is 0.161 e. The summed E-state index contributed by atoms with van der Waals surface area (Å²) in [6.07, 6.45) is 7.12. The summed E-state index contributed by atoms with van der Waals surface area (Å²) in [6, 6.07) is 19.5. The fraction of sp³-hybridized carbons (Fsp3) is 0.0952. The molecule has 0 unspecified atom stereocenters. The van der Waals surface area contributed by atoms with Crippen LogP contribution in [0, 0.1) is 5.41 Å². The van der Waals surface area contributed by atoms with Gasteiger partial charge in [0.05, 0.1) is 0 Å². The Morgan fingerprint density at radius 2 is 1.68 bits per heavy atom. The van der Waals surface area contributed by atoms with Gasteiger partial charge in [0.25, 0.3) is 0 Å². The fourth-order valence-corrected chi connectivity index (χ4v) is 2.70. The van der Waals surface area contributed by atoms with Crippen molar-refractivity contribution >= 4 is 29.5 Å². The van der Waals surface area contributed by atoms with Crippen molar-refractivity contribution < 1.29 is 0 Å². The van der Waals surface area contributed by atoms with E-state index in [0.717, 1.165) is 29.5 Å². The number of hydrogen-bond donors (Lipinski definition) is 1. The molecule has 25 heavy (non-hydrogen) atoms. The van der Waals surface area contributed by atoms with E-state index in [1.807, 2.05) is 66.7 Å². The third-order valence-electron chi connectivity index (χ3n) is 3.75. The van der Waals surface area contributed by atoms with E-state index in [-0.39, 0.29) is 5.84 Å². The first-order valence-electron chi connectivity index (χ1n) is 8.11. The lowest BCUT2D eigenvalue weighted by Crippen LogP contribution is -2.07. The Bertz CT molecular complexity index is 863. The average Bonchev–Trinajstić information content (AvgIpc) is 2.66. The third kappa shape index (κ3) is 4.85. The van der Waals surface area contributed by atoms with Crippen LogP contribution in [0.1, 0.15) is 24.0 Å². The molecule has 0 radical (unpaired) electrons. The van der Waals surface area contributed by atoms with Crippen LogP contribution in [0.15, 0.2) is 93.4 Å². The van der Waals surface area contributed by atoms with Crippen molar-refractivity contribution in [1.29, 1.82) is 5.41 Å². The first-order chi connectivity index (χ1) is 12.2. The summed E-state index contributed by atoms with van der Waals surface area (Å²) >= 11 is 6.06. The highest BCUT2D eigenvalue weighted by Crippen LogP contribution is 2.21. The molecular formula is C21H18ClN3. The number of halogens is 1. The molecule has 124 valence electrons. The average molecular weight is 348 g/mol. The molecule has 0 atom stereocenters. The predicted octanol–water partition coefficient (Wildman–Crippen LogP) is 5.37. The Morgan fingerprint density at radius 1 is 1.00 bits per heavy atom. The van der Waals surface area contributed by atoms with Gasteiger partial charge in [0.1, 0.15) is 5.84 Å². The van der Waals surface area contributed by atoms with E-state index in [9.17, 15) is 0 Å². The Hall–Kier alpha value is -2.78. The molecule has 0 saturated heterocycles. The number of aliphatic imine (C=N–C) groups is 2. The molecule has 2 aromatic carbocycles. The van der Waals surface area contributed by atoms with Crippen molar-refractivity contribution in [2.24, 2.45) is 9.98 Å². The summed E-state index contributed by atoms with van der Waals surface area (Å²) in [4.78, 5) is 9.00. The topological polar surface area (TPSA) is 48.6 Å². The Morgan fingerprint density at radius 3 is 2.36 bits per heavy atom. The number of nitrogens with one attached hydrogen (secondary N) is 1. The number of nitrogens with zero attached hydrogens (tertiary/aromatic N) is 2. The number of rotatable bonds is 3. The Labute approximate surface area is 152 Å². The van der Waals surface area contributed by atoms with Gasteiger partial charge < -0.3 is 0 Å². The molecule has 2 aromatic rings. The first kappa shape index (κ1) is 17.1. The molecule has 1 aliphatic carbocycles. The van der Waals surface area contributed by atoms with Crippen molar-refractivity contribution in [2.45, 2.75) is 12.8 Å². The molecule has 0 bridgehead atoms. The molecule has 0 saturated carbocycles.